The van der Waals surface area contributed by atoms with E-state index in [-0.39, 0.29) is 17.3 Å². The van der Waals surface area contributed by atoms with Crippen LogP contribution in [-0.2, 0) is 21.4 Å². The number of hydrogen-bond donors (Lipinski definition) is 2. The molecular formula is C18H22N2O5S. The molecular weight excluding hydrogens is 356 g/mol. The molecule has 0 bridgehead atoms. The third-order valence-corrected chi connectivity index (χ3v) is 4.87. The molecule has 0 aromatic heterocycles. The van der Waals surface area contributed by atoms with Gasteiger partial charge < -0.3 is 14.8 Å². The van der Waals surface area contributed by atoms with E-state index in [0.717, 1.165) is 5.56 Å². The average Bonchev–Trinajstić information content (AvgIpc) is 2.60. The van der Waals surface area contributed by atoms with Gasteiger partial charge in [0, 0.05) is 13.5 Å². The van der Waals surface area contributed by atoms with Crippen molar-refractivity contribution in [3.8, 4) is 11.5 Å². The lowest BCUT2D eigenvalue weighted by Gasteiger charge is -2.12. The first-order valence-corrected chi connectivity index (χ1v) is 9.51. The maximum absolute atomic E-state index is 12.6. The molecule has 0 unspecified atom stereocenters. The number of ether oxygens (including phenoxy) is 2. The number of anilines is 1. The Morgan fingerprint density at radius 2 is 1.92 bits per heavy atom. The Kier molecular flexibility index (Phi) is 6.59. The molecule has 1 amide bonds. The quantitative estimate of drug-likeness (QED) is 0.736. The normalized spacial score (nSPS) is 11.0. The number of hydrogen-bond acceptors (Lipinski definition) is 5. The number of amides is 1. The topological polar surface area (TPSA) is 93.7 Å². The molecule has 0 fully saturated rings. The minimum atomic E-state index is -3.76. The Labute approximate surface area is 153 Å². The first kappa shape index (κ1) is 19.7. The van der Waals surface area contributed by atoms with Gasteiger partial charge in [0.1, 0.15) is 11.5 Å². The highest BCUT2D eigenvalue weighted by Gasteiger charge is 2.17. The monoisotopic (exact) mass is 378 g/mol. The molecule has 0 aliphatic heterocycles. The summed E-state index contributed by atoms with van der Waals surface area (Å²) in [5.74, 6) is 0.740. The first-order valence-electron chi connectivity index (χ1n) is 8.02. The molecule has 2 rings (SSSR count). The van der Waals surface area contributed by atoms with Crippen LogP contribution in [0.15, 0.2) is 47.4 Å². The number of carbonyl (C=O) groups is 1. The molecule has 26 heavy (non-hydrogen) atoms. The van der Waals surface area contributed by atoms with Crippen molar-refractivity contribution in [2.75, 3.05) is 19.0 Å². The predicted molar refractivity (Wildman–Crippen MR) is 98.9 cm³/mol. The van der Waals surface area contributed by atoms with Crippen LogP contribution < -0.4 is 19.5 Å². The van der Waals surface area contributed by atoms with Crippen molar-refractivity contribution in [1.82, 2.24) is 4.72 Å². The standard InChI is InChI=1S/C18H22N2O5S/c1-4-25-15-7-5-6-14(10-15)12-19-26(22,23)16-8-9-18(24-3)17(11-16)20-13(2)21/h5-11,19H,4,12H2,1-3H3,(H,20,21). The molecule has 0 radical (unpaired) electrons. The van der Waals surface area contributed by atoms with Gasteiger partial charge in [0.05, 0.1) is 24.3 Å². The summed E-state index contributed by atoms with van der Waals surface area (Å²) in [6.07, 6.45) is 0. The minimum Gasteiger partial charge on any atom is -0.495 e. The van der Waals surface area contributed by atoms with E-state index in [1.54, 1.807) is 12.1 Å². The van der Waals surface area contributed by atoms with Crippen LogP contribution in [0.1, 0.15) is 19.4 Å². The van der Waals surface area contributed by atoms with Gasteiger partial charge in [0.25, 0.3) is 0 Å². The fourth-order valence-corrected chi connectivity index (χ4v) is 3.36. The van der Waals surface area contributed by atoms with Crippen molar-refractivity contribution in [2.24, 2.45) is 0 Å². The summed E-state index contributed by atoms with van der Waals surface area (Å²) in [5.41, 5.74) is 1.07. The Morgan fingerprint density at radius 3 is 2.58 bits per heavy atom. The van der Waals surface area contributed by atoms with Crippen molar-refractivity contribution in [3.63, 3.8) is 0 Å². The van der Waals surface area contributed by atoms with Crippen molar-refractivity contribution in [1.29, 1.82) is 0 Å². The lowest BCUT2D eigenvalue weighted by atomic mass is 10.2. The molecule has 0 spiro atoms. The second-order valence-corrected chi connectivity index (χ2v) is 7.22. The Hall–Kier alpha value is -2.58. The van der Waals surface area contributed by atoms with E-state index in [0.29, 0.717) is 23.8 Å². The molecule has 8 heteroatoms. The van der Waals surface area contributed by atoms with Crippen LogP contribution in [0.3, 0.4) is 0 Å². The van der Waals surface area contributed by atoms with Gasteiger partial charge >= 0.3 is 0 Å². The maximum atomic E-state index is 12.6. The minimum absolute atomic E-state index is 0.0306. The van der Waals surface area contributed by atoms with Crippen molar-refractivity contribution in [2.45, 2.75) is 25.3 Å². The number of nitrogens with one attached hydrogen (secondary N) is 2. The van der Waals surface area contributed by atoms with Crippen LogP contribution in [0.25, 0.3) is 0 Å². The third-order valence-electron chi connectivity index (χ3n) is 3.47. The second kappa shape index (κ2) is 8.68. The number of rotatable bonds is 8. The largest absolute Gasteiger partial charge is 0.495 e. The number of sulfonamides is 1. The van der Waals surface area contributed by atoms with Crippen LogP contribution in [0, 0.1) is 0 Å². The zero-order chi connectivity index (χ0) is 19.2. The van der Waals surface area contributed by atoms with Crippen LogP contribution in [0.2, 0.25) is 0 Å². The predicted octanol–water partition coefficient (Wildman–Crippen LogP) is 2.53. The Balaban J connectivity index is 2.19. The van der Waals surface area contributed by atoms with Crippen LogP contribution in [0.4, 0.5) is 5.69 Å². The first-order chi connectivity index (χ1) is 12.4. The summed E-state index contributed by atoms with van der Waals surface area (Å²) >= 11 is 0. The summed E-state index contributed by atoms with van der Waals surface area (Å²) in [6.45, 7) is 3.87. The van der Waals surface area contributed by atoms with Crippen LogP contribution in [-0.4, -0.2) is 28.0 Å². The molecule has 0 saturated heterocycles. The van der Waals surface area contributed by atoms with Crippen molar-refractivity contribution in [3.05, 3.63) is 48.0 Å². The van der Waals surface area contributed by atoms with Gasteiger partial charge in [-0.15, -0.1) is 0 Å². The molecule has 2 aromatic rings. The molecule has 2 aromatic carbocycles. The molecule has 0 aliphatic rings. The SMILES string of the molecule is CCOc1cccc(CNS(=O)(=O)c2ccc(OC)c(NC(C)=O)c2)c1. The highest BCUT2D eigenvalue weighted by atomic mass is 32.2. The molecule has 140 valence electrons. The lowest BCUT2D eigenvalue weighted by molar-refractivity contribution is -0.114. The average molecular weight is 378 g/mol. The van der Waals surface area contributed by atoms with E-state index in [1.807, 2.05) is 19.1 Å². The number of carbonyl (C=O) groups excluding carboxylic acids is 1. The summed E-state index contributed by atoms with van der Waals surface area (Å²) in [4.78, 5) is 11.3. The molecule has 2 N–H and O–H groups in total. The zero-order valence-electron chi connectivity index (χ0n) is 14.9. The van der Waals surface area contributed by atoms with Gasteiger partial charge in [-0.3, -0.25) is 4.79 Å². The van der Waals surface area contributed by atoms with Crippen molar-refractivity contribution < 1.29 is 22.7 Å². The van der Waals surface area contributed by atoms with Gasteiger partial charge in [0.2, 0.25) is 15.9 Å². The fraction of sp³-hybridized carbons (Fsp3) is 0.278. The second-order valence-electron chi connectivity index (χ2n) is 5.45. The lowest BCUT2D eigenvalue weighted by Crippen LogP contribution is -2.23. The molecule has 0 saturated carbocycles. The van der Waals surface area contributed by atoms with Crippen LogP contribution >= 0.6 is 0 Å². The van der Waals surface area contributed by atoms with E-state index in [9.17, 15) is 13.2 Å². The summed E-state index contributed by atoms with van der Waals surface area (Å²) in [7, 11) is -2.32. The summed E-state index contributed by atoms with van der Waals surface area (Å²) < 4.78 is 38.2. The van der Waals surface area contributed by atoms with Gasteiger partial charge in [-0.05, 0) is 42.8 Å². The smallest absolute Gasteiger partial charge is 0.240 e. The zero-order valence-corrected chi connectivity index (χ0v) is 15.7. The molecule has 0 aliphatic carbocycles. The van der Waals surface area contributed by atoms with Crippen molar-refractivity contribution >= 4 is 21.6 Å². The highest BCUT2D eigenvalue weighted by Crippen LogP contribution is 2.27. The van der Waals surface area contributed by atoms with Gasteiger partial charge in [-0.1, -0.05) is 12.1 Å². The van der Waals surface area contributed by atoms with E-state index in [1.165, 1.54) is 32.2 Å². The van der Waals surface area contributed by atoms with E-state index >= 15 is 0 Å². The summed E-state index contributed by atoms with van der Waals surface area (Å²) in [6, 6.07) is 11.5. The maximum Gasteiger partial charge on any atom is 0.240 e. The van der Waals surface area contributed by atoms with Gasteiger partial charge in [0.15, 0.2) is 0 Å². The highest BCUT2D eigenvalue weighted by molar-refractivity contribution is 7.89. The Bertz CT molecular complexity index is 881. The van der Waals surface area contributed by atoms with E-state index in [4.69, 9.17) is 9.47 Å². The number of methoxy groups -OCH3 is 1. The van der Waals surface area contributed by atoms with E-state index in [2.05, 4.69) is 10.0 Å². The summed E-state index contributed by atoms with van der Waals surface area (Å²) in [5, 5.41) is 2.56. The molecule has 0 heterocycles. The fourth-order valence-electron chi connectivity index (χ4n) is 2.32. The number of benzene rings is 2. The molecule has 0 atom stereocenters. The Morgan fingerprint density at radius 1 is 1.15 bits per heavy atom. The molecule has 7 nitrogen and oxygen atoms in total. The van der Waals surface area contributed by atoms with Gasteiger partial charge in [-0.2, -0.15) is 0 Å². The van der Waals surface area contributed by atoms with Gasteiger partial charge in [-0.25, -0.2) is 13.1 Å². The van der Waals surface area contributed by atoms with E-state index < -0.39 is 10.0 Å². The third kappa shape index (κ3) is 5.21. The van der Waals surface area contributed by atoms with Crippen LogP contribution in [0.5, 0.6) is 11.5 Å².